The summed E-state index contributed by atoms with van der Waals surface area (Å²) >= 11 is 0. The molecular formula is C12H17N3O4. The highest BCUT2D eigenvalue weighted by atomic mass is 16.5. The van der Waals surface area contributed by atoms with Gasteiger partial charge in [-0.3, -0.25) is 9.89 Å². The molecule has 0 saturated carbocycles. The molecule has 0 bridgehead atoms. The number of carboxylic acids is 1. The van der Waals surface area contributed by atoms with Gasteiger partial charge < -0.3 is 15.2 Å². The van der Waals surface area contributed by atoms with Gasteiger partial charge in [0.25, 0.3) is 0 Å². The summed E-state index contributed by atoms with van der Waals surface area (Å²) in [6.45, 7) is 5.76. The van der Waals surface area contributed by atoms with Crippen molar-refractivity contribution in [3.8, 4) is 0 Å². The molecule has 19 heavy (non-hydrogen) atoms. The summed E-state index contributed by atoms with van der Waals surface area (Å²) in [5.74, 6) is -1.27. The number of aromatic amines is 1. The fourth-order valence-electron chi connectivity index (χ4n) is 2.42. The van der Waals surface area contributed by atoms with Crippen LogP contribution < -0.4 is 5.32 Å². The van der Waals surface area contributed by atoms with E-state index in [2.05, 4.69) is 15.5 Å². The number of amides is 1. The molecule has 1 aromatic rings. The van der Waals surface area contributed by atoms with E-state index in [0.717, 1.165) is 0 Å². The molecule has 0 spiro atoms. The summed E-state index contributed by atoms with van der Waals surface area (Å²) < 4.78 is 5.61. The van der Waals surface area contributed by atoms with Gasteiger partial charge >= 0.3 is 5.97 Å². The Morgan fingerprint density at radius 1 is 1.37 bits per heavy atom. The highest BCUT2D eigenvalue weighted by Gasteiger charge is 2.41. The summed E-state index contributed by atoms with van der Waals surface area (Å²) in [5.41, 5.74) is -0.0626. The van der Waals surface area contributed by atoms with E-state index in [0.29, 0.717) is 0 Å². The lowest BCUT2D eigenvalue weighted by Gasteiger charge is -2.16. The Balaban J connectivity index is 2.06. The van der Waals surface area contributed by atoms with E-state index in [4.69, 9.17) is 9.84 Å². The van der Waals surface area contributed by atoms with E-state index in [1.807, 2.05) is 20.8 Å². The van der Waals surface area contributed by atoms with Crippen molar-refractivity contribution in [2.45, 2.75) is 33.0 Å². The topological polar surface area (TPSA) is 104 Å². The van der Waals surface area contributed by atoms with Gasteiger partial charge in [0, 0.05) is 6.07 Å². The molecule has 0 radical (unpaired) electrons. The van der Waals surface area contributed by atoms with E-state index < -0.39 is 5.97 Å². The normalized spacial score (nSPS) is 30.3. The maximum absolute atomic E-state index is 12.2. The van der Waals surface area contributed by atoms with Crippen LogP contribution in [0.15, 0.2) is 6.07 Å². The number of nitrogens with one attached hydrogen (secondary N) is 2. The monoisotopic (exact) mass is 267 g/mol. The molecule has 104 valence electrons. The maximum Gasteiger partial charge on any atom is 0.353 e. The lowest BCUT2D eigenvalue weighted by atomic mass is 9.89. The molecule has 0 aromatic carbocycles. The molecule has 1 amide bonds. The predicted octanol–water partition coefficient (Wildman–Crippen LogP) is 1.11. The quantitative estimate of drug-likeness (QED) is 0.760. The van der Waals surface area contributed by atoms with Gasteiger partial charge in [-0.05, 0) is 19.8 Å². The number of carbonyl (C=O) groups is 2. The molecule has 0 aliphatic carbocycles. The van der Waals surface area contributed by atoms with Crippen molar-refractivity contribution >= 4 is 17.7 Å². The van der Waals surface area contributed by atoms with Crippen LogP contribution in [0.2, 0.25) is 0 Å². The highest BCUT2D eigenvalue weighted by Crippen LogP contribution is 2.32. The van der Waals surface area contributed by atoms with Crippen molar-refractivity contribution in [3.63, 3.8) is 0 Å². The number of H-pyrrole nitrogens is 1. The van der Waals surface area contributed by atoms with Crippen LogP contribution in [0, 0.1) is 11.8 Å². The summed E-state index contributed by atoms with van der Waals surface area (Å²) in [6.07, 6.45) is -0.137. The van der Waals surface area contributed by atoms with Gasteiger partial charge in [-0.15, -0.1) is 0 Å². The number of aromatic carboxylic acids is 1. The standard InChI is InChI=1S/C12H17N3O4/c1-5-6(2)19-7(3)10(5)11(16)13-9-4-8(12(17)18)14-15-9/h4-7,10H,1-3H3,(H,17,18)(H2,13,14,15,16). The minimum atomic E-state index is -1.12. The molecule has 4 atom stereocenters. The first-order valence-corrected chi connectivity index (χ1v) is 6.15. The van der Waals surface area contributed by atoms with Gasteiger partial charge in [0.05, 0.1) is 18.1 Å². The Morgan fingerprint density at radius 2 is 2.05 bits per heavy atom. The number of carbonyl (C=O) groups excluding carboxylic acids is 1. The van der Waals surface area contributed by atoms with Crippen molar-refractivity contribution in [1.29, 1.82) is 0 Å². The first kappa shape index (κ1) is 13.5. The van der Waals surface area contributed by atoms with Gasteiger partial charge in [-0.25, -0.2) is 4.79 Å². The highest BCUT2D eigenvalue weighted by molar-refractivity contribution is 5.94. The van der Waals surface area contributed by atoms with Crippen LogP contribution in [0.3, 0.4) is 0 Å². The third-order valence-electron chi connectivity index (χ3n) is 3.60. The minimum absolute atomic E-state index is 0.0273. The van der Waals surface area contributed by atoms with E-state index in [1.54, 1.807) is 0 Å². The van der Waals surface area contributed by atoms with Crippen LogP contribution in [0.4, 0.5) is 5.82 Å². The second kappa shape index (κ2) is 5.00. The van der Waals surface area contributed by atoms with Crippen molar-refractivity contribution in [2.75, 3.05) is 5.32 Å². The first-order chi connectivity index (χ1) is 8.90. The second-order valence-electron chi connectivity index (χ2n) is 4.89. The first-order valence-electron chi connectivity index (χ1n) is 6.15. The third-order valence-corrected chi connectivity index (χ3v) is 3.60. The smallest absolute Gasteiger partial charge is 0.353 e. The zero-order valence-corrected chi connectivity index (χ0v) is 11.0. The molecule has 1 aliphatic rings. The summed E-state index contributed by atoms with van der Waals surface area (Å²) in [5, 5.41) is 17.5. The van der Waals surface area contributed by atoms with Crippen LogP contribution in [-0.2, 0) is 9.53 Å². The van der Waals surface area contributed by atoms with Crippen molar-refractivity contribution in [1.82, 2.24) is 10.2 Å². The Hall–Kier alpha value is -1.89. The average molecular weight is 267 g/mol. The zero-order valence-electron chi connectivity index (χ0n) is 11.0. The minimum Gasteiger partial charge on any atom is -0.477 e. The lowest BCUT2D eigenvalue weighted by Crippen LogP contribution is -2.32. The van der Waals surface area contributed by atoms with Gasteiger partial charge in [0.15, 0.2) is 5.82 Å². The number of anilines is 1. The van der Waals surface area contributed by atoms with Gasteiger partial charge in [0.2, 0.25) is 5.91 Å². The zero-order chi connectivity index (χ0) is 14.2. The van der Waals surface area contributed by atoms with E-state index in [9.17, 15) is 9.59 Å². The SMILES string of the molecule is CC1OC(C)C(C(=O)Nc2cc(C(=O)O)[nH]n2)C1C. The molecule has 1 saturated heterocycles. The predicted molar refractivity (Wildman–Crippen MR) is 66.8 cm³/mol. The fourth-order valence-corrected chi connectivity index (χ4v) is 2.42. The molecule has 1 fully saturated rings. The summed E-state index contributed by atoms with van der Waals surface area (Å²) in [4.78, 5) is 22.9. The fraction of sp³-hybridized carbons (Fsp3) is 0.583. The molecule has 2 heterocycles. The molecule has 1 aliphatic heterocycles. The lowest BCUT2D eigenvalue weighted by molar-refractivity contribution is -0.122. The number of carboxylic acid groups (broad SMARTS) is 1. The van der Waals surface area contributed by atoms with Gasteiger partial charge in [-0.2, -0.15) is 5.10 Å². The Bertz CT molecular complexity index is 499. The molecular weight excluding hydrogens is 250 g/mol. The Morgan fingerprint density at radius 3 is 2.53 bits per heavy atom. The van der Waals surface area contributed by atoms with Crippen LogP contribution in [-0.4, -0.2) is 39.4 Å². The van der Waals surface area contributed by atoms with Crippen LogP contribution >= 0.6 is 0 Å². The van der Waals surface area contributed by atoms with Crippen LogP contribution in [0.1, 0.15) is 31.3 Å². The van der Waals surface area contributed by atoms with Crippen molar-refractivity contribution in [3.05, 3.63) is 11.8 Å². The molecule has 1 aromatic heterocycles. The largest absolute Gasteiger partial charge is 0.477 e. The van der Waals surface area contributed by atoms with Crippen LogP contribution in [0.25, 0.3) is 0 Å². The summed E-state index contributed by atoms with van der Waals surface area (Å²) in [6, 6.07) is 1.29. The Kier molecular flexibility index (Phi) is 3.57. The number of nitrogens with zero attached hydrogens (tertiary/aromatic N) is 1. The number of hydrogen-bond donors (Lipinski definition) is 3. The van der Waals surface area contributed by atoms with Crippen molar-refractivity contribution in [2.24, 2.45) is 11.8 Å². The molecule has 2 rings (SSSR count). The average Bonchev–Trinajstić information content (AvgIpc) is 2.85. The molecule has 4 unspecified atom stereocenters. The molecule has 7 nitrogen and oxygen atoms in total. The number of aromatic nitrogens is 2. The van der Waals surface area contributed by atoms with Crippen LogP contribution in [0.5, 0.6) is 0 Å². The van der Waals surface area contributed by atoms with Crippen molar-refractivity contribution < 1.29 is 19.4 Å². The number of rotatable bonds is 3. The third kappa shape index (κ3) is 2.60. The van der Waals surface area contributed by atoms with Gasteiger partial charge in [0.1, 0.15) is 5.69 Å². The van der Waals surface area contributed by atoms with E-state index >= 15 is 0 Å². The van der Waals surface area contributed by atoms with E-state index in [1.165, 1.54) is 6.07 Å². The number of hydrogen-bond acceptors (Lipinski definition) is 4. The maximum atomic E-state index is 12.2. The van der Waals surface area contributed by atoms with E-state index in [-0.39, 0.29) is 41.5 Å². The van der Waals surface area contributed by atoms with Gasteiger partial charge in [-0.1, -0.05) is 6.92 Å². The second-order valence-corrected chi connectivity index (χ2v) is 4.89. The summed E-state index contributed by atoms with van der Waals surface area (Å²) in [7, 11) is 0. The molecule has 7 heteroatoms. The Labute approximate surface area is 110 Å². The molecule has 3 N–H and O–H groups in total. The number of ether oxygens (including phenoxy) is 1.